The molecule has 0 unspecified atom stereocenters. The van der Waals surface area contributed by atoms with Gasteiger partial charge in [-0.1, -0.05) is 121 Å². The number of hydrogen-bond donors (Lipinski definition) is 0. The van der Waals surface area contributed by atoms with Gasteiger partial charge in [0.2, 0.25) is 10.8 Å². The number of thiophene rings is 1. The van der Waals surface area contributed by atoms with Crippen LogP contribution in [0, 0.1) is 45.3 Å². The number of Topliss-reactive ketones (excluding diaryl/α,β-unsaturated/α-hetero) is 4. The van der Waals surface area contributed by atoms with Crippen LogP contribution in [0.15, 0.2) is 204 Å². The van der Waals surface area contributed by atoms with Crippen molar-refractivity contribution in [1.82, 2.24) is 0 Å². The Labute approximate surface area is 521 Å². The van der Waals surface area contributed by atoms with Gasteiger partial charge in [0, 0.05) is 42.4 Å². The summed E-state index contributed by atoms with van der Waals surface area (Å²) >= 11 is 1.25. The van der Waals surface area contributed by atoms with Crippen molar-refractivity contribution in [3.05, 3.63) is 293 Å². The summed E-state index contributed by atoms with van der Waals surface area (Å²) in [6, 6.07) is 53.3. The highest BCUT2D eigenvalue weighted by Gasteiger charge is 2.59. The lowest BCUT2D eigenvalue weighted by Crippen LogP contribution is -2.46. The molecule has 0 spiro atoms. The van der Waals surface area contributed by atoms with Crippen LogP contribution in [0.2, 0.25) is 0 Å². The largest absolute Gasteiger partial charge is 0.459 e. The maximum atomic E-state index is 15.7. The Hall–Kier alpha value is -12.5. The van der Waals surface area contributed by atoms with Gasteiger partial charge in [0.25, 0.3) is 0 Å². The van der Waals surface area contributed by atoms with Crippen LogP contribution in [-0.4, -0.2) is 47.0 Å². The van der Waals surface area contributed by atoms with Gasteiger partial charge in [-0.05, 0) is 128 Å². The predicted molar refractivity (Wildman–Crippen MR) is 329 cm³/mol. The number of ether oxygens (including phenoxy) is 4. The summed E-state index contributed by atoms with van der Waals surface area (Å²) in [5, 5.41) is 40.3. The van der Waals surface area contributed by atoms with Gasteiger partial charge < -0.3 is 18.9 Å². The second kappa shape index (κ2) is 23.0. The minimum atomic E-state index is -2.61. The van der Waals surface area contributed by atoms with Crippen molar-refractivity contribution in [3.8, 4) is 24.3 Å². The highest BCUT2D eigenvalue weighted by molar-refractivity contribution is 7.25. The SMILES string of the molecule is N#Cc1cc2c(cc1C#N)C(=O)C(=CC1=Cc3cc4sc5cc6c(cc5c4cc3C1(C(=O)OCc1ccccc1)C(=O)OCc1ccccc1)C(C(=O)OCc1ccccc1)(C(=O)OCc1ccccc1)C(C=C1C(=O)c3cc(C#N)c(C#N)cc3C1=O)=C6)C2=O. The molecule has 0 bridgehead atoms. The molecule has 0 amide bonds. The first-order valence-corrected chi connectivity index (χ1v) is 29.0. The Morgan fingerprint density at radius 2 is 0.648 bits per heavy atom. The van der Waals surface area contributed by atoms with Gasteiger partial charge in [0.1, 0.15) is 50.7 Å². The van der Waals surface area contributed by atoms with Crippen molar-refractivity contribution in [1.29, 1.82) is 21.0 Å². The van der Waals surface area contributed by atoms with Gasteiger partial charge in [-0.25, -0.2) is 0 Å². The topological polar surface area (TPSA) is 269 Å². The summed E-state index contributed by atoms with van der Waals surface area (Å²) in [6.07, 6.45) is 5.24. The lowest BCUT2D eigenvalue weighted by atomic mass is 9.75. The van der Waals surface area contributed by atoms with Crippen LogP contribution in [0.25, 0.3) is 32.3 Å². The summed E-state index contributed by atoms with van der Waals surface area (Å²) < 4.78 is 25.6. The van der Waals surface area contributed by atoms with Gasteiger partial charge in [0.05, 0.1) is 33.4 Å². The molecule has 434 valence electrons. The molecule has 91 heavy (non-hydrogen) atoms. The number of ketones is 4. The smallest absolute Gasteiger partial charge is 0.333 e. The molecule has 0 aliphatic heterocycles. The second-order valence-corrected chi connectivity index (χ2v) is 22.8. The maximum Gasteiger partial charge on any atom is 0.333 e. The van der Waals surface area contributed by atoms with Crippen LogP contribution in [0.4, 0.5) is 0 Å². The first kappa shape index (κ1) is 57.5. The van der Waals surface area contributed by atoms with Crippen LogP contribution in [-0.2, 0) is 75.4 Å². The molecule has 0 radical (unpaired) electrons. The van der Waals surface area contributed by atoms with Crippen LogP contribution in [0.1, 0.15) is 108 Å². The van der Waals surface area contributed by atoms with Crippen molar-refractivity contribution in [2.45, 2.75) is 37.3 Å². The normalized spacial score (nSPS) is 14.4. The number of esters is 4. The Bertz CT molecular complexity index is 4550. The molecule has 1 aromatic heterocycles. The summed E-state index contributed by atoms with van der Waals surface area (Å²) in [7, 11) is 0. The standard InChI is InChI=1S/C74H40N4O12S/c75-33-47-23-55-56(24-48(47)34-76)66(80)59(65(55)79)29-51-21-45-27-63-53(31-61(45)73(51,69(83)87-37-41-13-5-1-6-14-41)70(84)88-38-42-15-7-2-8-16-42)54-32-62-46(28-64(54)91-63)22-52(30-60-67(81)57-25-49(35-77)50(36-78)26-58(57)68(60)82)74(62,71(85)89-39-43-17-9-3-10-18-43)72(86)90-40-44-19-11-4-12-20-44/h1-32H,37-40H2. The zero-order chi connectivity index (χ0) is 63.3. The van der Waals surface area contributed by atoms with E-state index in [4.69, 9.17) is 18.9 Å². The summed E-state index contributed by atoms with van der Waals surface area (Å²) in [5.74, 6) is -7.98. The van der Waals surface area contributed by atoms with Gasteiger partial charge >= 0.3 is 23.9 Å². The van der Waals surface area contributed by atoms with Gasteiger partial charge in [-0.2, -0.15) is 21.0 Å². The fourth-order valence-electron chi connectivity index (χ4n) is 12.0. The molecule has 13 rings (SSSR count). The zero-order valence-electron chi connectivity index (χ0n) is 47.4. The van der Waals surface area contributed by atoms with Crippen molar-refractivity contribution < 1.29 is 57.3 Å². The lowest BCUT2D eigenvalue weighted by Gasteiger charge is -2.29. The van der Waals surface area contributed by atoms with E-state index in [-0.39, 0.29) is 104 Å². The first-order chi connectivity index (χ1) is 44.2. The van der Waals surface area contributed by atoms with Gasteiger partial charge in [-0.15, -0.1) is 11.3 Å². The van der Waals surface area contributed by atoms with Crippen molar-refractivity contribution in [3.63, 3.8) is 0 Å². The summed E-state index contributed by atoms with van der Waals surface area (Å²) in [5.41, 5.74) is -5.13. The Kier molecular flexibility index (Phi) is 14.5. The fourth-order valence-corrected chi connectivity index (χ4v) is 13.2. The Morgan fingerprint density at radius 1 is 0.385 bits per heavy atom. The zero-order valence-corrected chi connectivity index (χ0v) is 48.2. The van der Waals surface area contributed by atoms with Gasteiger partial charge in [-0.3, -0.25) is 38.4 Å². The minimum absolute atomic E-state index is 0.00611. The maximum absolute atomic E-state index is 15.7. The van der Waals surface area contributed by atoms with E-state index >= 15 is 19.2 Å². The molecule has 0 fully saturated rings. The number of hydrogen-bond acceptors (Lipinski definition) is 17. The predicted octanol–water partition coefficient (Wildman–Crippen LogP) is 11.8. The number of allylic oxidation sites excluding steroid dienone is 4. The first-order valence-electron chi connectivity index (χ1n) is 28.1. The van der Waals surface area contributed by atoms with Crippen LogP contribution in [0.3, 0.4) is 0 Å². The van der Waals surface area contributed by atoms with E-state index in [1.807, 2.05) is 24.3 Å². The number of rotatable bonds is 14. The van der Waals surface area contributed by atoms with E-state index in [0.29, 0.717) is 42.4 Å². The molecule has 17 heteroatoms. The highest BCUT2D eigenvalue weighted by atomic mass is 32.1. The molecular formula is C74H40N4O12S. The Morgan fingerprint density at radius 3 is 0.901 bits per heavy atom. The highest BCUT2D eigenvalue weighted by Crippen LogP contribution is 2.53. The quantitative estimate of drug-likeness (QED) is 0.0322. The number of carbonyl (C=O) groups is 8. The number of nitrogens with zero attached hydrogens (tertiary/aromatic N) is 4. The van der Waals surface area contributed by atoms with E-state index in [1.165, 1.54) is 23.5 Å². The molecule has 0 saturated heterocycles. The molecule has 16 nitrogen and oxygen atoms in total. The second-order valence-electron chi connectivity index (χ2n) is 21.7. The van der Waals surface area contributed by atoms with Crippen molar-refractivity contribution in [2.75, 3.05) is 0 Å². The summed E-state index contributed by atoms with van der Waals surface area (Å²) in [6.45, 7) is -1.39. The third-order valence-electron chi connectivity index (χ3n) is 16.5. The summed E-state index contributed by atoms with van der Waals surface area (Å²) in [4.78, 5) is 121. The molecule has 0 saturated carbocycles. The van der Waals surface area contributed by atoms with E-state index in [9.17, 15) is 40.2 Å². The van der Waals surface area contributed by atoms with Crippen molar-refractivity contribution in [2.24, 2.45) is 0 Å². The van der Waals surface area contributed by atoms with Crippen LogP contribution >= 0.6 is 11.3 Å². The molecule has 0 N–H and O–H groups in total. The average Bonchev–Trinajstić information content (AvgIpc) is 1.56. The number of nitriles is 4. The van der Waals surface area contributed by atoms with Crippen LogP contribution in [0.5, 0.6) is 0 Å². The van der Waals surface area contributed by atoms with Crippen molar-refractivity contribution >= 4 is 90.7 Å². The molecule has 8 aromatic carbocycles. The lowest BCUT2D eigenvalue weighted by molar-refractivity contribution is -0.166. The molecule has 0 atom stereocenters. The van der Waals surface area contributed by atoms with E-state index in [1.54, 1.807) is 146 Å². The fraction of sp³-hybridized carbons (Fsp3) is 0.0811. The molecular weight excluding hydrogens is 1170 g/mol. The molecule has 1 heterocycles. The third kappa shape index (κ3) is 9.50. The van der Waals surface area contributed by atoms with Gasteiger partial charge in [0.15, 0.2) is 23.1 Å². The van der Waals surface area contributed by atoms with E-state index < -0.39 is 69.0 Å². The minimum Gasteiger partial charge on any atom is -0.459 e. The third-order valence-corrected chi connectivity index (χ3v) is 17.7. The Balaban J connectivity index is 1.02. The van der Waals surface area contributed by atoms with E-state index in [2.05, 4.69) is 0 Å². The average molecular weight is 1210 g/mol. The molecule has 4 aliphatic carbocycles. The number of benzene rings is 8. The molecule has 9 aromatic rings. The monoisotopic (exact) mass is 1210 g/mol. The molecule has 4 aliphatic rings. The number of fused-ring (bicyclic) bond motifs is 7. The number of carbonyl (C=O) groups excluding carboxylic acids is 8. The van der Waals surface area contributed by atoms with E-state index in [0.717, 1.165) is 36.4 Å². The van der Waals surface area contributed by atoms with Crippen LogP contribution < -0.4 is 0 Å².